The number of halogens is 17. The lowest BCUT2D eigenvalue weighted by atomic mass is 9.89. The van der Waals surface area contributed by atoms with Gasteiger partial charge in [0.05, 0.1) is 5.92 Å². The highest BCUT2D eigenvalue weighted by atomic mass is 19.4. The van der Waals surface area contributed by atoms with Gasteiger partial charge in [0.2, 0.25) is 0 Å². The number of esters is 1. The van der Waals surface area contributed by atoms with Crippen LogP contribution in [0, 0.1) is 11.8 Å². The molecule has 0 bridgehead atoms. The molecule has 0 saturated heterocycles. The predicted octanol–water partition coefficient (Wildman–Crippen LogP) is 7.39. The van der Waals surface area contributed by atoms with Crippen molar-refractivity contribution in [3.8, 4) is 0 Å². The Kier molecular flexibility index (Phi) is 9.18. The summed E-state index contributed by atoms with van der Waals surface area (Å²) in [5.74, 6) is -60.9. The van der Waals surface area contributed by atoms with Gasteiger partial charge in [0.15, 0.2) is 6.61 Å². The molecule has 0 aliphatic heterocycles. The molecule has 36 heavy (non-hydrogen) atoms. The summed E-state index contributed by atoms with van der Waals surface area (Å²) in [5, 5.41) is 0. The van der Waals surface area contributed by atoms with Crippen molar-refractivity contribution in [2.75, 3.05) is 6.61 Å². The molecule has 0 aliphatic carbocycles. The van der Waals surface area contributed by atoms with Crippen molar-refractivity contribution < 1.29 is 84.2 Å². The summed E-state index contributed by atoms with van der Waals surface area (Å²) in [4.78, 5) is 11.5. The lowest BCUT2D eigenvalue weighted by Crippen LogP contribution is -2.74. The number of ether oxygens (including phenoxy) is 1. The minimum absolute atomic E-state index is 0.281. The van der Waals surface area contributed by atoms with E-state index in [4.69, 9.17) is 0 Å². The first-order chi connectivity index (χ1) is 15.5. The van der Waals surface area contributed by atoms with Crippen molar-refractivity contribution in [3.63, 3.8) is 0 Å². The van der Waals surface area contributed by atoms with Gasteiger partial charge in [-0.2, -0.15) is 74.6 Å². The molecule has 0 amide bonds. The molecular weight excluding hydrogens is 559 g/mol. The summed E-state index contributed by atoms with van der Waals surface area (Å²) in [6, 6.07) is 0. The number of carbonyl (C=O) groups excluding carboxylic acids is 1. The van der Waals surface area contributed by atoms with Gasteiger partial charge >= 0.3 is 53.6 Å². The summed E-state index contributed by atoms with van der Waals surface area (Å²) >= 11 is 0. The summed E-state index contributed by atoms with van der Waals surface area (Å²) in [6.45, 7) is 0.680. The van der Waals surface area contributed by atoms with Crippen molar-refractivity contribution >= 4 is 5.97 Å². The van der Waals surface area contributed by atoms with Gasteiger partial charge in [-0.05, 0) is 12.8 Å². The Balaban J connectivity index is 6.31. The van der Waals surface area contributed by atoms with E-state index >= 15 is 0 Å². The SMILES string of the molecule is CC(C)/C=C\C(C)C(=O)OCC(F)(F)C(F)(F)C(F)(F)C(F)(F)C(F)(F)C(F)(F)C(F)(F)C(F)(F)F. The smallest absolute Gasteiger partial charge is 0.459 e. The van der Waals surface area contributed by atoms with Gasteiger partial charge in [-0.3, -0.25) is 4.79 Å². The van der Waals surface area contributed by atoms with Crippen LogP contribution in [-0.4, -0.2) is 60.2 Å². The molecule has 2 nitrogen and oxygen atoms in total. The minimum Gasteiger partial charge on any atom is -0.459 e. The second-order valence-electron chi connectivity index (χ2n) is 7.67. The fraction of sp³-hybridized carbons (Fsp3) is 0.824. The summed E-state index contributed by atoms with van der Waals surface area (Å²) in [6.07, 6.45) is -5.66. The first-order valence-electron chi connectivity index (χ1n) is 9.03. The Bertz CT molecular complexity index is 810. The van der Waals surface area contributed by atoms with Crippen LogP contribution in [0.5, 0.6) is 0 Å². The third kappa shape index (κ3) is 5.33. The molecule has 0 aromatic carbocycles. The van der Waals surface area contributed by atoms with Crippen LogP contribution in [0.1, 0.15) is 20.8 Å². The van der Waals surface area contributed by atoms with E-state index in [1.807, 2.05) is 0 Å². The molecule has 0 aliphatic rings. The van der Waals surface area contributed by atoms with Gasteiger partial charge in [-0.1, -0.05) is 26.0 Å². The van der Waals surface area contributed by atoms with Crippen molar-refractivity contribution in [3.05, 3.63) is 12.2 Å². The average Bonchev–Trinajstić information content (AvgIpc) is 2.68. The fourth-order valence-corrected chi connectivity index (χ4v) is 2.05. The molecule has 1 unspecified atom stereocenters. The zero-order valence-corrected chi connectivity index (χ0v) is 17.8. The van der Waals surface area contributed by atoms with E-state index in [1.165, 1.54) is 19.9 Å². The second kappa shape index (κ2) is 9.72. The molecule has 0 fully saturated rings. The largest absolute Gasteiger partial charge is 0.460 e. The third-order valence-corrected chi connectivity index (χ3v) is 4.34. The van der Waals surface area contributed by atoms with E-state index in [-0.39, 0.29) is 5.92 Å². The maximum Gasteiger partial charge on any atom is 0.460 e. The van der Waals surface area contributed by atoms with Gasteiger partial charge in [0.1, 0.15) is 0 Å². The van der Waals surface area contributed by atoms with Crippen LogP contribution in [0.2, 0.25) is 0 Å². The molecule has 214 valence electrons. The summed E-state index contributed by atoms with van der Waals surface area (Å²) < 4.78 is 227. The van der Waals surface area contributed by atoms with Crippen LogP contribution >= 0.6 is 0 Å². The molecule has 0 saturated carbocycles. The monoisotopic (exact) mass is 574 g/mol. The van der Waals surface area contributed by atoms with Crippen LogP contribution in [-0.2, 0) is 9.53 Å². The second-order valence-corrected chi connectivity index (χ2v) is 7.67. The van der Waals surface area contributed by atoms with Crippen molar-refractivity contribution in [2.24, 2.45) is 11.8 Å². The molecular formula is C17H15F17O2. The number of carbonyl (C=O) groups is 1. The average molecular weight is 574 g/mol. The molecule has 0 aromatic heterocycles. The van der Waals surface area contributed by atoms with Crippen LogP contribution in [0.4, 0.5) is 74.6 Å². The standard InChI is InChI=1S/C17H15F17O2/c1-7(2)4-5-8(3)9(35)36-6-10(18,19)11(20,21)12(22,23)13(24,25)14(26,27)15(28,29)16(30,31)17(32,33)34/h4-5,7-8H,6H2,1-3H3/b5-4-. The Morgan fingerprint density at radius 3 is 1.25 bits per heavy atom. The van der Waals surface area contributed by atoms with Crippen LogP contribution in [0.25, 0.3) is 0 Å². The van der Waals surface area contributed by atoms with Gasteiger partial charge < -0.3 is 4.74 Å². The Morgan fingerprint density at radius 2 is 0.917 bits per heavy atom. The number of hydrogen-bond acceptors (Lipinski definition) is 2. The van der Waals surface area contributed by atoms with Gasteiger partial charge in [0, 0.05) is 0 Å². The van der Waals surface area contributed by atoms with Crippen molar-refractivity contribution in [1.29, 1.82) is 0 Å². The van der Waals surface area contributed by atoms with E-state index in [0.29, 0.717) is 0 Å². The summed E-state index contributed by atoms with van der Waals surface area (Å²) in [7, 11) is 0. The first kappa shape index (κ1) is 34.0. The molecule has 0 rings (SSSR count). The van der Waals surface area contributed by atoms with Crippen LogP contribution in [0.15, 0.2) is 12.2 Å². The lowest BCUT2D eigenvalue weighted by Gasteiger charge is -2.42. The van der Waals surface area contributed by atoms with E-state index in [1.54, 1.807) is 0 Å². The zero-order valence-electron chi connectivity index (χ0n) is 17.8. The number of hydrogen-bond donors (Lipinski definition) is 0. The van der Waals surface area contributed by atoms with E-state index in [0.717, 1.165) is 13.0 Å². The highest BCUT2D eigenvalue weighted by molar-refractivity contribution is 5.74. The predicted molar refractivity (Wildman–Crippen MR) is 84.8 cm³/mol. The minimum atomic E-state index is -8.70. The van der Waals surface area contributed by atoms with E-state index in [9.17, 15) is 79.4 Å². The number of alkyl halides is 17. The van der Waals surface area contributed by atoms with Gasteiger partial charge in [-0.25, -0.2) is 0 Å². The molecule has 1 atom stereocenters. The Hall–Kier alpha value is -1.98. The molecule has 0 N–H and O–H groups in total. The van der Waals surface area contributed by atoms with Crippen molar-refractivity contribution in [1.82, 2.24) is 0 Å². The third-order valence-electron chi connectivity index (χ3n) is 4.34. The van der Waals surface area contributed by atoms with Gasteiger partial charge in [-0.15, -0.1) is 0 Å². The molecule has 0 aromatic rings. The van der Waals surface area contributed by atoms with E-state index < -0.39 is 66.1 Å². The highest BCUT2D eigenvalue weighted by Gasteiger charge is 2.95. The molecule has 0 spiro atoms. The Labute approximate surface area is 190 Å². The zero-order chi connectivity index (χ0) is 29.6. The van der Waals surface area contributed by atoms with E-state index in [2.05, 4.69) is 4.74 Å². The fourth-order valence-electron chi connectivity index (χ4n) is 2.05. The quantitative estimate of drug-likeness (QED) is 0.146. The number of rotatable bonds is 11. The number of allylic oxidation sites excluding steroid dienone is 1. The van der Waals surface area contributed by atoms with Crippen LogP contribution in [0.3, 0.4) is 0 Å². The Morgan fingerprint density at radius 1 is 0.583 bits per heavy atom. The van der Waals surface area contributed by atoms with Gasteiger partial charge in [0.25, 0.3) is 0 Å². The molecule has 0 radical (unpaired) electrons. The maximum atomic E-state index is 13.7. The van der Waals surface area contributed by atoms with Crippen LogP contribution < -0.4 is 0 Å². The maximum absolute atomic E-state index is 13.7. The molecule has 0 heterocycles. The lowest BCUT2D eigenvalue weighted by molar-refractivity contribution is -0.462. The van der Waals surface area contributed by atoms with Crippen molar-refractivity contribution in [2.45, 2.75) is 68.4 Å². The normalized spacial score (nSPS) is 16.6. The summed E-state index contributed by atoms with van der Waals surface area (Å²) in [5.41, 5.74) is 0. The first-order valence-corrected chi connectivity index (χ1v) is 9.03. The topological polar surface area (TPSA) is 26.3 Å². The highest BCUT2D eigenvalue weighted by Crippen LogP contribution is 2.63. The molecule has 19 heteroatoms.